The Morgan fingerprint density at radius 1 is 0.842 bits per heavy atom. The average Bonchev–Trinajstić information content (AvgIpc) is 2.41. The molecule has 0 aliphatic heterocycles. The summed E-state index contributed by atoms with van der Waals surface area (Å²) in [6.45, 7) is 0. The van der Waals surface area contributed by atoms with Crippen LogP contribution in [0.3, 0.4) is 0 Å². The highest BCUT2D eigenvalue weighted by Gasteiger charge is 2.23. The van der Waals surface area contributed by atoms with Crippen molar-refractivity contribution in [3.63, 3.8) is 0 Å². The van der Waals surface area contributed by atoms with Crippen molar-refractivity contribution in [1.82, 2.24) is 4.90 Å². The number of carbonyl (C=O) groups excluding carboxylic acids is 1. The van der Waals surface area contributed by atoms with E-state index in [1.807, 2.05) is 60.7 Å². The van der Waals surface area contributed by atoms with Gasteiger partial charge in [0.1, 0.15) is 0 Å². The molecule has 2 aromatic rings. The van der Waals surface area contributed by atoms with E-state index in [-0.39, 0.29) is 21.7 Å². The van der Waals surface area contributed by atoms with Crippen LogP contribution in [0.1, 0.15) is 17.0 Å². The molecule has 0 radical (unpaired) electrons. The van der Waals surface area contributed by atoms with E-state index in [1.165, 1.54) is 0 Å². The molecule has 0 aliphatic rings. The summed E-state index contributed by atoms with van der Waals surface area (Å²) in [4.78, 5) is 14.0. The van der Waals surface area contributed by atoms with Gasteiger partial charge in [0.05, 0.1) is 5.92 Å². The number of hydrogen-bond donors (Lipinski definition) is 0. The molecule has 1 unspecified atom stereocenters. The maximum absolute atomic E-state index is 12.4. The fourth-order valence-electron chi connectivity index (χ4n) is 2.03. The first kappa shape index (κ1) is 15.4. The minimum absolute atomic E-state index is 0. The highest BCUT2D eigenvalue weighted by Crippen LogP contribution is 2.25. The molecule has 0 heterocycles. The number of amides is 1. The van der Waals surface area contributed by atoms with Crippen molar-refractivity contribution in [2.45, 2.75) is 5.92 Å². The number of benzene rings is 2. The van der Waals surface area contributed by atoms with Crippen molar-refractivity contribution in [3.8, 4) is 0 Å². The number of rotatable bonds is 3. The van der Waals surface area contributed by atoms with Gasteiger partial charge in [-0.15, -0.1) is 0 Å². The van der Waals surface area contributed by atoms with E-state index in [4.69, 9.17) is 0 Å². The lowest BCUT2D eigenvalue weighted by Gasteiger charge is -2.21. The van der Waals surface area contributed by atoms with Gasteiger partial charge in [0.2, 0.25) is 5.91 Å². The van der Waals surface area contributed by atoms with Crippen molar-refractivity contribution in [1.29, 1.82) is 0 Å². The maximum atomic E-state index is 12.4. The molecule has 2 nitrogen and oxygen atoms in total. The van der Waals surface area contributed by atoms with Crippen LogP contribution in [0, 0.1) is 0 Å². The molecule has 0 N–H and O–H groups in total. The summed E-state index contributed by atoms with van der Waals surface area (Å²) in [5, 5.41) is 0. The van der Waals surface area contributed by atoms with Gasteiger partial charge in [-0.05, 0) is 11.1 Å². The second-order valence-electron chi connectivity index (χ2n) is 4.49. The molecule has 2 aromatic carbocycles. The van der Waals surface area contributed by atoms with Crippen molar-refractivity contribution in [2.75, 3.05) is 14.1 Å². The first-order valence-electron chi connectivity index (χ1n) is 6.01. The van der Waals surface area contributed by atoms with Crippen LogP contribution in [0.25, 0.3) is 0 Å². The van der Waals surface area contributed by atoms with Gasteiger partial charge in [-0.3, -0.25) is 4.79 Å². The monoisotopic (exact) mass is 273 g/mol. The molecule has 1 atom stereocenters. The molecule has 1 amide bonds. The summed E-state index contributed by atoms with van der Waals surface area (Å²) in [6, 6.07) is 19.8. The van der Waals surface area contributed by atoms with E-state index in [9.17, 15) is 4.79 Å². The third-order valence-electron chi connectivity index (χ3n) is 2.95. The molecule has 0 bridgehead atoms. The average molecular weight is 273 g/mol. The Balaban J connectivity index is 0.00000180. The molecule has 2 rings (SSSR count). The molecule has 0 aromatic heterocycles. The zero-order valence-electron chi connectivity index (χ0n) is 11.4. The zero-order valence-corrected chi connectivity index (χ0v) is 12.8. The highest BCUT2D eigenvalue weighted by atomic mass is 31.0. The molecule has 19 heavy (non-hydrogen) atoms. The Hall–Kier alpha value is -1.66. The minimum atomic E-state index is -0.220. The van der Waals surface area contributed by atoms with Crippen LogP contribution in [-0.2, 0) is 4.79 Å². The smallest absolute Gasteiger partial charge is 0.234 e. The molecule has 0 spiro atoms. The van der Waals surface area contributed by atoms with Crippen molar-refractivity contribution < 1.29 is 4.79 Å². The molecule has 0 aliphatic carbocycles. The first-order valence-corrected chi connectivity index (χ1v) is 6.01. The predicted octanol–water partition coefficient (Wildman–Crippen LogP) is 2.96. The Labute approximate surface area is 118 Å². The second kappa shape index (κ2) is 7.06. The SMILES string of the molecule is CN(C)C(=O)C(c1ccccc1)c1ccccc1.P. The van der Waals surface area contributed by atoms with Crippen LogP contribution < -0.4 is 0 Å². The second-order valence-corrected chi connectivity index (χ2v) is 4.49. The summed E-state index contributed by atoms with van der Waals surface area (Å²) >= 11 is 0. The summed E-state index contributed by atoms with van der Waals surface area (Å²) in [5.74, 6) is -0.116. The lowest BCUT2D eigenvalue weighted by Crippen LogP contribution is -2.28. The Morgan fingerprint density at radius 3 is 1.53 bits per heavy atom. The predicted molar refractivity (Wildman–Crippen MR) is 84.5 cm³/mol. The van der Waals surface area contributed by atoms with Gasteiger partial charge < -0.3 is 4.90 Å². The summed E-state index contributed by atoms with van der Waals surface area (Å²) in [7, 11) is 3.59. The number of carbonyl (C=O) groups is 1. The quantitative estimate of drug-likeness (QED) is 0.787. The molecule has 0 saturated heterocycles. The topological polar surface area (TPSA) is 20.3 Å². The van der Waals surface area contributed by atoms with Gasteiger partial charge in [-0.25, -0.2) is 0 Å². The van der Waals surface area contributed by atoms with E-state index in [2.05, 4.69) is 0 Å². The van der Waals surface area contributed by atoms with E-state index in [1.54, 1.807) is 19.0 Å². The number of likely N-dealkylation sites (N-methyl/N-ethyl adjacent to an activating group) is 1. The lowest BCUT2D eigenvalue weighted by molar-refractivity contribution is -0.129. The Morgan fingerprint density at radius 2 is 1.21 bits per heavy atom. The fraction of sp³-hybridized carbons (Fsp3) is 0.188. The molecule has 3 heteroatoms. The normalized spacial score (nSPS) is 9.84. The van der Waals surface area contributed by atoms with Gasteiger partial charge in [0.25, 0.3) is 0 Å². The molecule has 0 fully saturated rings. The van der Waals surface area contributed by atoms with E-state index in [0.717, 1.165) is 11.1 Å². The van der Waals surface area contributed by atoms with Crippen LogP contribution in [0.5, 0.6) is 0 Å². The van der Waals surface area contributed by atoms with Crippen molar-refractivity contribution in [2.24, 2.45) is 0 Å². The van der Waals surface area contributed by atoms with Crippen LogP contribution in [0.2, 0.25) is 0 Å². The zero-order chi connectivity index (χ0) is 13.0. The third-order valence-corrected chi connectivity index (χ3v) is 2.95. The number of hydrogen-bond acceptors (Lipinski definition) is 1. The van der Waals surface area contributed by atoms with E-state index < -0.39 is 0 Å². The van der Waals surface area contributed by atoms with Crippen molar-refractivity contribution in [3.05, 3.63) is 71.8 Å². The fourth-order valence-corrected chi connectivity index (χ4v) is 2.03. The Bertz CT molecular complexity index is 471. The summed E-state index contributed by atoms with van der Waals surface area (Å²) in [6.07, 6.45) is 0. The molecular formula is C16H20NOP. The number of nitrogens with zero attached hydrogens (tertiary/aromatic N) is 1. The van der Waals surface area contributed by atoms with Gasteiger partial charge in [0.15, 0.2) is 0 Å². The minimum Gasteiger partial charge on any atom is -0.348 e. The van der Waals surface area contributed by atoms with Gasteiger partial charge in [-0.1, -0.05) is 60.7 Å². The van der Waals surface area contributed by atoms with E-state index >= 15 is 0 Å². The van der Waals surface area contributed by atoms with Crippen LogP contribution in [0.4, 0.5) is 0 Å². The molecule has 0 saturated carbocycles. The maximum Gasteiger partial charge on any atom is 0.234 e. The molecular weight excluding hydrogens is 253 g/mol. The van der Waals surface area contributed by atoms with Gasteiger partial charge in [-0.2, -0.15) is 9.90 Å². The third kappa shape index (κ3) is 3.65. The summed E-state index contributed by atoms with van der Waals surface area (Å²) in [5.41, 5.74) is 2.06. The van der Waals surface area contributed by atoms with Crippen LogP contribution in [-0.4, -0.2) is 24.9 Å². The van der Waals surface area contributed by atoms with Crippen LogP contribution in [0.15, 0.2) is 60.7 Å². The van der Waals surface area contributed by atoms with Crippen molar-refractivity contribution >= 4 is 15.8 Å². The van der Waals surface area contributed by atoms with Crippen LogP contribution >= 0.6 is 9.90 Å². The summed E-state index contributed by atoms with van der Waals surface area (Å²) < 4.78 is 0. The molecule has 100 valence electrons. The largest absolute Gasteiger partial charge is 0.348 e. The highest BCUT2D eigenvalue weighted by molar-refractivity contribution is 6.92. The van der Waals surface area contributed by atoms with Gasteiger partial charge in [0, 0.05) is 14.1 Å². The van der Waals surface area contributed by atoms with E-state index in [0.29, 0.717) is 0 Å². The standard InChI is InChI=1S/C16H17NO.H3P/c1-17(2)16(18)15(13-9-5-3-6-10-13)14-11-7-4-8-12-14;/h3-12,15H,1-2H3;1H3. The Kier molecular flexibility index (Phi) is 5.72. The van der Waals surface area contributed by atoms with Gasteiger partial charge >= 0.3 is 0 Å². The first-order chi connectivity index (χ1) is 8.70. The lowest BCUT2D eigenvalue weighted by atomic mass is 9.90.